The van der Waals surface area contributed by atoms with Gasteiger partial charge in [0.25, 0.3) is 5.91 Å². The van der Waals surface area contributed by atoms with Crippen molar-refractivity contribution in [2.24, 2.45) is 23.7 Å². The van der Waals surface area contributed by atoms with Crippen molar-refractivity contribution in [1.82, 2.24) is 19.8 Å². The number of sulfonamides is 1. The van der Waals surface area contributed by atoms with Gasteiger partial charge in [0.05, 0.1) is 10.9 Å². The average Bonchev–Trinajstić information content (AvgIpc) is 3.12. The summed E-state index contributed by atoms with van der Waals surface area (Å²) in [6.45, 7) is 13.8. The maximum atomic E-state index is 13.6. The summed E-state index contributed by atoms with van der Waals surface area (Å²) in [5.41, 5.74) is 3.55. The predicted molar refractivity (Wildman–Crippen MR) is 201 cm³/mol. The van der Waals surface area contributed by atoms with E-state index in [0.29, 0.717) is 36.0 Å². The highest BCUT2D eigenvalue weighted by Crippen LogP contribution is 2.44. The Balaban J connectivity index is 1.19. The number of aryl methyl sites for hydroxylation is 1. The number of nitrogens with one attached hydrogen (secondary N) is 2. The molecule has 4 aliphatic heterocycles. The highest BCUT2D eigenvalue weighted by Gasteiger charge is 2.40. The largest absolute Gasteiger partial charge is 0.487 e. The molecule has 5 aliphatic rings. The molecular formula is C39H56ClN5O4S. The molecule has 2 saturated heterocycles. The zero-order valence-corrected chi connectivity index (χ0v) is 31.5. The number of amides is 1. The summed E-state index contributed by atoms with van der Waals surface area (Å²) < 4.78 is 36.0. The fourth-order valence-corrected chi connectivity index (χ4v) is 10.7. The number of carbonyl (C=O) groups is 1. The van der Waals surface area contributed by atoms with Gasteiger partial charge in [0, 0.05) is 75.5 Å². The molecule has 0 unspecified atom stereocenters. The van der Waals surface area contributed by atoms with Crippen LogP contribution < -0.4 is 19.7 Å². The first-order valence-corrected chi connectivity index (χ1v) is 21.1. The van der Waals surface area contributed by atoms with Gasteiger partial charge in [-0.3, -0.25) is 9.69 Å². The van der Waals surface area contributed by atoms with Crippen LogP contribution in [-0.4, -0.2) is 94.3 Å². The van der Waals surface area contributed by atoms with Crippen molar-refractivity contribution in [3.05, 3.63) is 58.1 Å². The van der Waals surface area contributed by atoms with Crippen molar-refractivity contribution < 1.29 is 17.9 Å². The number of fused-ring (bicyclic) bond motifs is 4. The van der Waals surface area contributed by atoms with Crippen molar-refractivity contribution in [3.8, 4) is 5.75 Å². The highest BCUT2D eigenvalue weighted by molar-refractivity contribution is 7.90. The lowest BCUT2D eigenvalue weighted by Crippen LogP contribution is -2.61. The Hall–Kier alpha value is -2.37. The van der Waals surface area contributed by atoms with E-state index in [-0.39, 0.29) is 5.92 Å². The van der Waals surface area contributed by atoms with Crippen LogP contribution in [0, 0.1) is 23.7 Å². The van der Waals surface area contributed by atoms with Crippen molar-refractivity contribution >= 4 is 33.2 Å². The third kappa shape index (κ3) is 8.15. The Morgan fingerprint density at radius 2 is 1.80 bits per heavy atom. The van der Waals surface area contributed by atoms with E-state index in [0.717, 1.165) is 119 Å². The van der Waals surface area contributed by atoms with Gasteiger partial charge in [-0.1, -0.05) is 31.0 Å². The van der Waals surface area contributed by atoms with Gasteiger partial charge in [0.15, 0.2) is 0 Å². The summed E-state index contributed by atoms with van der Waals surface area (Å²) >= 11 is 6.40. The Labute approximate surface area is 304 Å². The molecule has 4 heterocycles. The summed E-state index contributed by atoms with van der Waals surface area (Å²) in [5.74, 6) is 1.85. The number of hydrogen-bond acceptors (Lipinski definition) is 8. The monoisotopic (exact) mass is 725 g/mol. The Bertz CT molecular complexity index is 1620. The van der Waals surface area contributed by atoms with E-state index < -0.39 is 21.2 Å². The van der Waals surface area contributed by atoms with Crippen LogP contribution in [0.3, 0.4) is 0 Å². The van der Waals surface area contributed by atoms with E-state index in [1.54, 1.807) is 13.0 Å². The van der Waals surface area contributed by atoms with Crippen LogP contribution in [0.5, 0.6) is 5.75 Å². The van der Waals surface area contributed by atoms with Crippen LogP contribution in [0.15, 0.2) is 36.4 Å². The van der Waals surface area contributed by atoms with Gasteiger partial charge >= 0.3 is 0 Å². The second-order valence-electron chi connectivity index (χ2n) is 15.8. The molecule has 1 aliphatic carbocycles. The van der Waals surface area contributed by atoms with Crippen molar-refractivity contribution in [2.75, 3.05) is 63.8 Å². The minimum Gasteiger partial charge on any atom is -0.487 e. The number of nitrogens with zero attached hydrogens (tertiary/aromatic N) is 3. The van der Waals surface area contributed by atoms with Gasteiger partial charge in [0.1, 0.15) is 12.4 Å². The van der Waals surface area contributed by atoms with Crippen LogP contribution in [0.25, 0.3) is 0 Å². The summed E-state index contributed by atoms with van der Waals surface area (Å²) in [7, 11) is -3.87. The number of halogens is 1. The van der Waals surface area contributed by atoms with E-state index in [9.17, 15) is 13.2 Å². The molecule has 11 heteroatoms. The molecule has 7 rings (SSSR count). The van der Waals surface area contributed by atoms with Crippen LogP contribution in [-0.2, 0) is 23.1 Å². The fourth-order valence-electron chi connectivity index (χ4n) is 9.20. The van der Waals surface area contributed by atoms with Crippen molar-refractivity contribution in [3.63, 3.8) is 0 Å². The molecule has 50 heavy (non-hydrogen) atoms. The topological polar surface area (TPSA) is 94.2 Å². The molecule has 2 bridgehead atoms. The molecule has 0 spiro atoms. The molecule has 2 aromatic rings. The second-order valence-corrected chi connectivity index (χ2v) is 18.3. The predicted octanol–water partition coefficient (Wildman–Crippen LogP) is 5.56. The summed E-state index contributed by atoms with van der Waals surface area (Å²) in [6, 6.07) is 12.0. The van der Waals surface area contributed by atoms with E-state index in [4.69, 9.17) is 16.3 Å². The lowest BCUT2D eigenvalue weighted by Gasteiger charge is -2.49. The van der Waals surface area contributed by atoms with E-state index in [1.807, 2.05) is 25.1 Å². The van der Waals surface area contributed by atoms with E-state index in [2.05, 4.69) is 36.9 Å². The quantitative estimate of drug-likeness (QED) is 0.416. The third-order valence-corrected chi connectivity index (χ3v) is 14.8. The van der Waals surface area contributed by atoms with Crippen LogP contribution in [0.4, 0.5) is 5.69 Å². The molecule has 274 valence electrons. The maximum absolute atomic E-state index is 13.6. The molecule has 6 atom stereocenters. The first-order valence-electron chi connectivity index (χ1n) is 19.2. The Morgan fingerprint density at radius 1 is 0.920 bits per heavy atom. The Morgan fingerprint density at radius 3 is 2.64 bits per heavy atom. The second kappa shape index (κ2) is 15.7. The summed E-state index contributed by atoms with van der Waals surface area (Å²) in [5, 5.41) is 3.68. The highest BCUT2D eigenvalue weighted by atomic mass is 35.5. The molecule has 0 aromatic heterocycles. The first kappa shape index (κ1) is 36.0. The fraction of sp³-hybridized carbons (Fsp3) is 0.667. The minimum absolute atomic E-state index is 0.0584. The van der Waals surface area contributed by atoms with Crippen molar-refractivity contribution in [2.45, 2.75) is 83.1 Å². The molecule has 1 saturated carbocycles. The van der Waals surface area contributed by atoms with Crippen LogP contribution in [0.1, 0.15) is 80.3 Å². The molecule has 2 aromatic carbocycles. The zero-order chi connectivity index (χ0) is 34.8. The van der Waals surface area contributed by atoms with Crippen molar-refractivity contribution in [1.29, 1.82) is 0 Å². The number of ether oxygens (including phenoxy) is 1. The van der Waals surface area contributed by atoms with Gasteiger partial charge in [-0.05, 0) is 117 Å². The number of piperazine rings is 2. The number of rotatable bonds is 2. The normalized spacial score (nSPS) is 31.4. The van der Waals surface area contributed by atoms with Gasteiger partial charge in [-0.25, -0.2) is 13.1 Å². The van der Waals surface area contributed by atoms with Gasteiger partial charge in [0.2, 0.25) is 10.0 Å². The smallest absolute Gasteiger partial charge is 0.264 e. The number of hydrogen-bond donors (Lipinski definition) is 2. The molecule has 2 N–H and O–H groups in total. The Kier molecular flexibility index (Phi) is 11.3. The molecule has 1 amide bonds. The SMILES string of the molecule is C[C@@H]1[C@@H](C)CCC[C@@H](CN2CCN3CCNC[C@H]3C2)[C@@H]2CC[C@H]2CN2CCCCc3cc(Cl)ccc3COc3ccc(cc32)C(=O)NS1(=O)=O. The third-order valence-electron chi connectivity index (χ3n) is 12.7. The zero-order valence-electron chi connectivity index (χ0n) is 29.9. The number of benzene rings is 2. The number of carbonyl (C=O) groups excluding carboxylic acids is 1. The lowest BCUT2D eigenvalue weighted by atomic mass is 9.65. The van der Waals surface area contributed by atoms with Gasteiger partial charge < -0.3 is 19.9 Å². The maximum Gasteiger partial charge on any atom is 0.264 e. The lowest BCUT2D eigenvalue weighted by molar-refractivity contribution is 0.0209. The molecular weight excluding hydrogens is 670 g/mol. The molecule has 9 nitrogen and oxygen atoms in total. The summed E-state index contributed by atoms with van der Waals surface area (Å²) in [4.78, 5) is 21.4. The standard InChI is InChI=1S/C39H56ClN5O4S/c1-27-6-5-8-31(23-43-18-19-44-17-15-41-22-35(44)25-43)36-13-10-32(36)24-45-16-4-3-7-29-20-34(40)12-9-33(29)26-49-38-14-11-30(21-37(38)45)39(46)42-50(47,48)28(27)2/h9,11-12,14,20-21,27-28,31-32,35-36,41H,3-8,10,13,15-19,22-26H2,1-2H3,(H,42,46)/t27-,28+,31-,32-,35-,36-/m0/s1. The van der Waals surface area contributed by atoms with E-state index >= 15 is 0 Å². The first-order chi connectivity index (χ1) is 24.1. The molecule has 0 radical (unpaired) electrons. The van der Waals surface area contributed by atoms with Crippen LogP contribution >= 0.6 is 11.6 Å². The minimum atomic E-state index is -3.87. The number of anilines is 1. The van der Waals surface area contributed by atoms with Crippen LogP contribution in [0.2, 0.25) is 5.02 Å². The van der Waals surface area contributed by atoms with E-state index in [1.165, 1.54) is 18.4 Å². The van der Waals surface area contributed by atoms with Gasteiger partial charge in [-0.15, -0.1) is 0 Å². The summed E-state index contributed by atoms with van der Waals surface area (Å²) in [6.07, 6.45) is 8.35. The average molecular weight is 726 g/mol. The molecule has 3 fully saturated rings. The van der Waals surface area contributed by atoms with Gasteiger partial charge in [-0.2, -0.15) is 0 Å².